The number of hydrogen-bond donors (Lipinski definition) is 0. The van der Waals surface area contributed by atoms with Crippen LogP contribution >= 0.6 is 0 Å². The Balaban J connectivity index is 2.97. The third-order valence-electron chi connectivity index (χ3n) is 2.49. The lowest BCUT2D eigenvalue weighted by atomic mass is 10.1. The van der Waals surface area contributed by atoms with Crippen molar-refractivity contribution in [3.63, 3.8) is 0 Å². The van der Waals surface area contributed by atoms with Gasteiger partial charge >= 0.3 is 0 Å². The Morgan fingerprint density at radius 2 is 2.06 bits per heavy atom. The molecular weight excluding hydrogens is 209 g/mol. The van der Waals surface area contributed by atoms with Crippen molar-refractivity contribution in [2.45, 2.75) is 19.9 Å². The normalized spacial score (nSPS) is 10.4. The van der Waals surface area contributed by atoms with Gasteiger partial charge in [-0.1, -0.05) is 0 Å². The highest BCUT2D eigenvalue weighted by atomic mass is 19.1. The monoisotopic (exact) mass is 225 g/mol. The Kier molecular flexibility index (Phi) is 3.88. The molecule has 0 spiro atoms. The standard InChI is InChI=1S/C12H16FNO2/c1-8(2)14(3)12(15)9-5-6-11(16-4)10(13)7-9/h5-8H,1-4H3. The van der Waals surface area contributed by atoms with Gasteiger partial charge in [0.2, 0.25) is 0 Å². The van der Waals surface area contributed by atoms with Gasteiger partial charge < -0.3 is 9.64 Å². The number of benzene rings is 1. The highest BCUT2D eigenvalue weighted by Gasteiger charge is 2.16. The van der Waals surface area contributed by atoms with E-state index in [9.17, 15) is 9.18 Å². The van der Waals surface area contributed by atoms with Gasteiger partial charge in [-0.05, 0) is 32.0 Å². The van der Waals surface area contributed by atoms with Crippen LogP contribution in [0.5, 0.6) is 5.75 Å². The molecule has 1 aromatic rings. The van der Waals surface area contributed by atoms with E-state index in [0.717, 1.165) is 0 Å². The highest BCUT2D eigenvalue weighted by Crippen LogP contribution is 2.18. The smallest absolute Gasteiger partial charge is 0.253 e. The van der Waals surface area contributed by atoms with Crippen LogP contribution in [0.15, 0.2) is 18.2 Å². The lowest BCUT2D eigenvalue weighted by Gasteiger charge is -2.21. The zero-order chi connectivity index (χ0) is 12.3. The van der Waals surface area contributed by atoms with Crippen molar-refractivity contribution in [3.8, 4) is 5.75 Å². The molecule has 0 N–H and O–H groups in total. The molecule has 0 aromatic heterocycles. The highest BCUT2D eigenvalue weighted by molar-refractivity contribution is 5.94. The number of amides is 1. The number of methoxy groups -OCH3 is 1. The lowest BCUT2D eigenvalue weighted by Crippen LogP contribution is -2.33. The fourth-order valence-electron chi connectivity index (χ4n) is 1.24. The van der Waals surface area contributed by atoms with Gasteiger partial charge in [0.05, 0.1) is 7.11 Å². The number of rotatable bonds is 3. The maximum absolute atomic E-state index is 13.4. The molecule has 0 unspecified atom stereocenters. The van der Waals surface area contributed by atoms with Gasteiger partial charge in [0.15, 0.2) is 11.6 Å². The first-order valence-electron chi connectivity index (χ1n) is 5.08. The van der Waals surface area contributed by atoms with Crippen LogP contribution in [0, 0.1) is 5.82 Å². The summed E-state index contributed by atoms with van der Waals surface area (Å²) in [6, 6.07) is 4.29. The molecule has 0 fully saturated rings. The molecule has 0 saturated carbocycles. The Labute approximate surface area is 94.8 Å². The zero-order valence-corrected chi connectivity index (χ0v) is 9.95. The third-order valence-corrected chi connectivity index (χ3v) is 2.49. The van der Waals surface area contributed by atoms with Gasteiger partial charge in [0, 0.05) is 18.7 Å². The summed E-state index contributed by atoms with van der Waals surface area (Å²) in [5, 5.41) is 0. The van der Waals surface area contributed by atoms with Crippen molar-refractivity contribution in [3.05, 3.63) is 29.6 Å². The van der Waals surface area contributed by atoms with Gasteiger partial charge in [-0.2, -0.15) is 0 Å². The van der Waals surface area contributed by atoms with E-state index in [0.29, 0.717) is 5.56 Å². The molecule has 0 aliphatic rings. The van der Waals surface area contributed by atoms with Gasteiger partial charge in [-0.25, -0.2) is 4.39 Å². The number of nitrogens with zero attached hydrogens (tertiary/aromatic N) is 1. The van der Waals surface area contributed by atoms with E-state index in [-0.39, 0.29) is 17.7 Å². The van der Waals surface area contributed by atoms with Crippen LogP contribution in [0.25, 0.3) is 0 Å². The molecule has 0 saturated heterocycles. The molecule has 4 heteroatoms. The van der Waals surface area contributed by atoms with E-state index < -0.39 is 5.82 Å². The summed E-state index contributed by atoms with van der Waals surface area (Å²) >= 11 is 0. The Hall–Kier alpha value is -1.58. The summed E-state index contributed by atoms with van der Waals surface area (Å²) in [4.78, 5) is 13.4. The van der Waals surface area contributed by atoms with E-state index >= 15 is 0 Å². The van der Waals surface area contributed by atoms with Gasteiger partial charge in [0.1, 0.15) is 0 Å². The SMILES string of the molecule is COc1ccc(C(=O)N(C)C(C)C)cc1F. The molecule has 0 atom stereocenters. The van der Waals surface area contributed by atoms with Crippen LogP contribution in [-0.4, -0.2) is 31.0 Å². The van der Waals surface area contributed by atoms with Crippen molar-refractivity contribution in [1.29, 1.82) is 0 Å². The molecule has 0 aliphatic heterocycles. The molecule has 1 rings (SSSR count). The number of ether oxygens (including phenoxy) is 1. The number of carbonyl (C=O) groups is 1. The topological polar surface area (TPSA) is 29.5 Å². The van der Waals surface area contributed by atoms with Crippen LogP contribution in [0.3, 0.4) is 0 Å². The number of hydrogen-bond acceptors (Lipinski definition) is 2. The second kappa shape index (κ2) is 4.96. The first-order valence-corrected chi connectivity index (χ1v) is 5.08. The maximum Gasteiger partial charge on any atom is 0.253 e. The molecule has 1 amide bonds. The average Bonchev–Trinajstić information content (AvgIpc) is 2.26. The lowest BCUT2D eigenvalue weighted by molar-refractivity contribution is 0.0754. The Morgan fingerprint density at radius 3 is 2.50 bits per heavy atom. The van der Waals surface area contributed by atoms with E-state index in [1.165, 1.54) is 19.2 Å². The van der Waals surface area contributed by atoms with Crippen LogP contribution in [-0.2, 0) is 0 Å². The van der Waals surface area contributed by atoms with Crippen molar-refractivity contribution in [2.24, 2.45) is 0 Å². The van der Waals surface area contributed by atoms with E-state index in [1.807, 2.05) is 13.8 Å². The quantitative estimate of drug-likeness (QED) is 0.790. The molecule has 0 radical (unpaired) electrons. The second-order valence-electron chi connectivity index (χ2n) is 3.86. The van der Waals surface area contributed by atoms with Crippen molar-refractivity contribution in [2.75, 3.05) is 14.2 Å². The third kappa shape index (κ3) is 2.51. The minimum absolute atomic E-state index is 0.0812. The van der Waals surface area contributed by atoms with Crippen LogP contribution < -0.4 is 4.74 Å². The van der Waals surface area contributed by atoms with Crippen molar-refractivity contribution >= 4 is 5.91 Å². The molecule has 1 aromatic carbocycles. The van der Waals surface area contributed by atoms with E-state index in [4.69, 9.17) is 4.74 Å². The number of halogens is 1. The molecule has 3 nitrogen and oxygen atoms in total. The van der Waals surface area contributed by atoms with Crippen LogP contribution in [0.4, 0.5) is 4.39 Å². The molecule has 0 bridgehead atoms. The Morgan fingerprint density at radius 1 is 1.44 bits per heavy atom. The fourth-order valence-corrected chi connectivity index (χ4v) is 1.24. The fraction of sp³-hybridized carbons (Fsp3) is 0.417. The second-order valence-corrected chi connectivity index (χ2v) is 3.86. The minimum atomic E-state index is -0.523. The molecule has 0 aliphatic carbocycles. The minimum Gasteiger partial charge on any atom is -0.494 e. The first-order chi connectivity index (χ1) is 7.47. The molecule has 16 heavy (non-hydrogen) atoms. The van der Waals surface area contributed by atoms with Gasteiger partial charge in [-0.3, -0.25) is 4.79 Å². The first kappa shape index (κ1) is 12.5. The van der Waals surface area contributed by atoms with E-state index in [2.05, 4.69) is 0 Å². The summed E-state index contributed by atoms with van der Waals surface area (Å²) in [6.07, 6.45) is 0. The predicted octanol–water partition coefficient (Wildman–Crippen LogP) is 2.31. The zero-order valence-electron chi connectivity index (χ0n) is 9.95. The summed E-state index contributed by atoms with van der Waals surface area (Å²) in [7, 11) is 3.08. The van der Waals surface area contributed by atoms with Crippen LogP contribution in [0.1, 0.15) is 24.2 Å². The molecule has 0 heterocycles. The summed E-state index contributed by atoms with van der Waals surface area (Å²) in [5.74, 6) is -0.578. The summed E-state index contributed by atoms with van der Waals surface area (Å²) < 4.78 is 18.2. The molecular formula is C12H16FNO2. The number of carbonyl (C=O) groups excluding carboxylic acids is 1. The largest absolute Gasteiger partial charge is 0.494 e. The predicted molar refractivity (Wildman–Crippen MR) is 60.2 cm³/mol. The van der Waals surface area contributed by atoms with Crippen LogP contribution in [0.2, 0.25) is 0 Å². The average molecular weight is 225 g/mol. The van der Waals surface area contributed by atoms with E-state index in [1.54, 1.807) is 18.0 Å². The van der Waals surface area contributed by atoms with Crippen molar-refractivity contribution < 1.29 is 13.9 Å². The summed E-state index contributed by atoms with van der Waals surface area (Å²) in [6.45, 7) is 3.80. The van der Waals surface area contributed by atoms with Gasteiger partial charge in [-0.15, -0.1) is 0 Å². The Bertz CT molecular complexity index is 391. The molecule has 88 valence electrons. The van der Waals surface area contributed by atoms with Gasteiger partial charge in [0.25, 0.3) is 5.91 Å². The summed E-state index contributed by atoms with van der Waals surface area (Å²) in [5.41, 5.74) is 0.328. The maximum atomic E-state index is 13.4. The van der Waals surface area contributed by atoms with Crippen molar-refractivity contribution in [1.82, 2.24) is 4.90 Å².